The van der Waals surface area contributed by atoms with Crippen LogP contribution in [0.2, 0.25) is 0 Å². The first-order valence-corrected chi connectivity index (χ1v) is 8.56. The molecule has 0 aliphatic carbocycles. The molecular weight excluding hydrogens is 326 g/mol. The molecule has 1 N–H and O–H groups in total. The summed E-state index contributed by atoms with van der Waals surface area (Å²) in [5.41, 5.74) is 2.78. The van der Waals surface area contributed by atoms with E-state index in [1.807, 2.05) is 0 Å². The van der Waals surface area contributed by atoms with Gasteiger partial charge in [-0.05, 0) is 42.5 Å². The molecule has 21 heavy (non-hydrogen) atoms. The molecule has 1 aliphatic heterocycles. The summed E-state index contributed by atoms with van der Waals surface area (Å²) in [5.74, 6) is 1.06. The van der Waals surface area contributed by atoms with Gasteiger partial charge in [0.25, 0.3) is 0 Å². The molecule has 0 spiro atoms. The Morgan fingerprint density at radius 3 is 3.00 bits per heavy atom. The van der Waals surface area contributed by atoms with E-state index in [-0.39, 0.29) is 0 Å². The molecule has 1 saturated heterocycles. The Kier molecular flexibility index (Phi) is 4.76. The smallest absolute Gasteiger partial charge is 0.0524 e. The highest BCUT2D eigenvalue weighted by Crippen LogP contribution is 2.39. The van der Waals surface area contributed by atoms with Crippen molar-refractivity contribution in [2.45, 2.75) is 38.1 Å². The number of hydrogen-bond donors (Lipinski definition) is 1. The SMILES string of the molecule is CCCn1cc(C2CCNCC2c2ccccc2Br)cn1. The lowest BCUT2D eigenvalue weighted by molar-refractivity contribution is 0.403. The Labute approximate surface area is 134 Å². The van der Waals surface area contributed by atoms with E-state index in [1.54, 1.807) is 0 Å². The van der Waals surface area contributed by atoms with Gasteiger partial charge in [0.05, 0.1) is 6.20 Å². The number of nitrogens with zero attached hydrogens (tertiary/aromatic N) is 2. The predicted octanol–water partition coefficient (Wildman–Crippen LogP) is 3.92. The van der Waals surface area contributed by atoms with Gasteiger partial charge in [-0.15, -0.1) is 0 Å². The van der Waals surface area contributed by atoms with Gasteiger partial charge < -0.3 is 5.32 Å². The lowest BCUT2D eigenvalue weighted by atomic mass is 9.78. The fourth-order valence-electron chi connectivity index (χ4n) is 3.28. The summed E-state index contributed by atoms with van der Waals surface area (Å²) >= 11 is 3.71. The minimum Gasteiger partial charge on any atom is -0.316 e. The number of piperidine rings is 1. The predicted molar refractivity (Wildman–Crippen MR) is 89.6 cm³/mol. The fraction of sp³-hybridized carbons (Fsp3) is 0.471. The van der Waals surface area contributed by atoms with Crippen molar-refractivity contribution in [2.24, 2.45) is 0 Å². The molecule has 1 aliphatic rings. The molecule has 112 valence electrons. The highest BCUT2D eigenvalue weighted by Gasteiger charge is 2.29. The normalized spacial score (nSPS) is 22.4. The topological polar surface area (TPSA) is 29.9 Å². The molecule has 2 aromatic rings. The summed E-state index contributed by atoms with van der Waals surface area (Å²) < 4.78 is 3.29. The van der Waals surface area contributed by atoms with Crippen LogP contribution in [0.3, 0.4) is 0 Å². The second kappa shape index (κ2) is 6.75. The first-order chi connectivity index (χ1) is 10.3. The van der Waals surface area contributed by atoms with E-state index in [9.17, 15) is 0 Å². The lowest BCUT2D eigenvalue weighted by Gasteiger charge is -2.32. The van der Waals surface area contributed by atoms with Crippen LogP contribution in [0.15, 0.2) is 41.1 Å². The number of aryl methyl sites for hydroxylation is 1. The van der Waals surface area contributed by atoms with E-state index >= 15 is 0 Å². The Hall–Kier alpha value is -1.13. The van der Waals surface area contributed by atoms with Crippen molar-refractivity contribution < 1.29 is 0 Å². The first kappa shape index (κ1) is 14.8. The quantitative estimate of drug-likeness (QED) is 0.908. The zero-order chi connectivity index (χ0) is 14.7. The molecule has 2 unspecified atom stereocenters. The van der Waals surface area contributed by atoms with Crippen LogP contribution in [0.25, 0.3) is 0 Å². The van der Waals surface area contributed by atoms with E-state index in [2.05, 4.69) is 74.6 Å². The Balaban J connectivity index is 1.89. The molecule has 1 aromatic heterocycles. The average molecular weight is 348 g/mol. The molecule has 1 fully saturated rings. The number of rotatable bonds is 4. The Morgan fingerprint density at radius 2 is 2.19 bits per heavy atom. The lowest BCUT2D eigenvalue weighted by Crippen LogP contribution is -2.34. The number of nitrogens with one attached hydrogen (secondary N) is 1. The van der Waals surface area contributed by atoms with Crippen molar-refractivity contribution in [2.75, 3.05) is 13.1 Å². The molecule has 4 heteroatoms. The van der Waals surface area contributed by atoms with Crippen LogP contribution in [0.4, 0.5) is 0 Å². The van der Waals surface area contributed by atoms with Crippen LogP contribution < -0.4 is 5.32 Å². The molecule has 0 bridgehead atoms. The summed E-state index contributed by atoms with van der Waals surface area (Å²) in [4.78, 5) is 0. The maximum Gasteiger partial charge on any atom is 0.0524 e. The van der Waals surface area contributed by atoms with Gasteiger partial charge in [0.15, 0.2) is 0 Å². The second-order valence-corrected chi connectivity index (χ2v) is 6.62. The van der Waals surface area contributed by atoms with E-state index in [1.165, 1.54) is 22.0 Å². The van der Waals surface area contributed by atoms with Crippen LogP contribution in [-0.4, -0.2) is 22.9 Å². The standard InChI is InChI=1S/C17H22BrN3/c1-2-9-21-12-13(10-20-21)14-7-8-19-11-16(14)15-5-3-4-6-17(15)18/h3-6,10,12,14,16,19H,2,7-9,11H2,1H3. The molecule has 2 atom stereocenters. The summed E-state index contributed by atoms with van der Waals surface area (Å²) in [7, 11) is 0. The van der Waals surface area contributed by atoms with Crippen molar-refractivity contribution in [3.8, 4) is 0 Å². The van der Waals surface area contributed by atoms with Crippen molar-refractivity contribution in [1.29, 1.82) is 0 Å². The van der Waals surface area contributed by atoms with Gasteiger partial charge in [-0.1, -0.05) is 41.1 Å². The Morgan fingerprint density at radius 1 is 1.33 bits per heavy atom. The van der Waals surface area contributed by atoms with E-state index < -0.39 is 0 Å². The highest BCUT2D eigenvalue weighted by atomic mass is 79.9. The molecular formula is C17H22BrN3. The molecule has 1 aromatic carbocycles. The van der Waals surface area contributed by atoms with E-state index in [0.717, 1.165) is 26.1 Å². The Bertz CT molecular complexity index is 593. The molecule has 2 heterocycles. The number of aromatic nitrogens is 2. The van der Waals surface area contributed by atoms with Gasteiger partial charge in [-0.3, -0.25) is 4.68 Å². The minimum atomic E-state index is 0.508. The van der Waals surface area contributed by atoms with Crippen LogP contribution >= 0.6 is 15.9 Å². The monoisotopic (exact) mass is 347 g/mol. The largest absolute Gasteiger partial charge is 0.316 e. The maximum absolute atomic E-state index is 4.52. The molecule has 0 saturated carbocycles. The molecule has 0 radical (unpaired) electrons. The van der Waals surface area contributed by atoms with Crippen LogP contribution in [0, 0.1) is 0 Å². The van der Waals surface area contributed by atoms with Gasteiger partial charge in [0.1, 0.15) is 0 Å². The van der Waals surface area contributed by atoms with Crippen molar-refractivity contribution in [3.05, 3.63) is 52.3 Å². The average Bonchev–Trinajstić information content (AvgIpc) is 2.97. The first-order valence-electron chi connectivity index (χ1n) is 7.77. The third-order valence-corrected chi connectivity index (χ3v) is 5.04. The number of halogens is 1. The van der Waals surface area contributed by atoms with Gasteiger partial charge in [0, 0.05) is 29.7 Å². The van der Waals surface area contributed by atoms with Crippen molar-refractivity contribution >= 4 is 15.9 Å². The molecule has 3 nitrogen and oxygen atoms in total. The van der Waals surface area contributed by atoms with Gasteiger partial charge in [-0.25, -0.2) is 0 Å². The fourth-order valence-corrected chi connectivity index (χ4v) is 3.86. The van der Waals surface area contributed by atoms with Gasteiger partial charge >= 0.3 is 0 Å². The minimum absolute atomic E-state index is 0.508. The van der Waals surface area contributed by atoms with E-state index in [0.29, 0.717) is 11.8 Å². The summed E-state index contributed by atoms with van der Waals surface area (Å²) in [6.07, 6.45) is 6.60. The van der Waals surface area contributed by atoms with E-state index in [4.69, 9.17) is 0 Å². The second-order valence-electron chi connectivity index (χ2n) is 5.76. The third kappa shape index (κ3) is 3.22. The van der Waals surface area contributed by atoms with Gasteiger partial charge in [-0.2, -0.15) is 5.10 Å². The third-order valence-electron chi connectivity index (χ3n) is 4.32. The summed E-state index contributed by atoms with van der Waals surface area (Å²) in [6.45, 7) is 5.32. The molecule has 3 rings (SSSR count). The summed E-state index contributed by atoms with van der Waals surface area (Å²) in [5, 5.41) is 8.06. The maximum atomic E-state index is 4.52. The molecule has 0 amide bonds. The van der Waals surface area contributed by atoms with Gasteiger partial charge in [0.2, 0.25) is 0 Å². The number of benzene rings is 1. The van der Waals surface area contributed by atoms with Crippen molar-refractivity contribution in [1.82, 2.24) is 15.1 Å². The van der Waals surface area contributed by atoms with Crippen LogP contribution in [0.1, 0.15) is 42.7 Å². The number of hydrogen-bond acceptors (Lipinski definition) is 2. The van der Waals surface area contributed by atoms with Crippen LogP contribution in [0.5, 0.6) is 0 Å². The highest BCUT2D eigenvalue weighted by molar-refractivity contribution is 9.10. The van der Waals surface area contributed by atoms with Crippen LogP contribution in [-0.2, 0) is 6.54 Å². The summed E-state index contributed by atoms with van der Waals surface area (Å²) in [6, 6.07) is 8.59. The zero-order valence-corrected chi connectivity index (χ0v) is 14.0. The van der Waals surface area contributed by atoms with Crippen molar-refractivity contribution in [3.63, 3.8) is 0 Å². The zero-order valence-electron chi connectivity index (χ0n) is 12.4.